The fourth-order valence-corrected chi connectivity index (χ4v) is 3.24. The van der Waals surface area contributed by atoms with Gasteiger partial charge in [-0.25, -0.2) is 0 Å². The number of esters is 1. The van der Waals surface area contributed by atoms with Gasteiger partial charge >= 0.3 is 5.97 Å². The van der Waals surface area contributed by atoms with Crippen molar-refractivity contribution in [1.29, 1.82) is 0 Å². The Balaban J connectivity index is 2.74. The van der Waals surface area contributed by atoms with E-state index in [1.807, 2.05) is 37.5 Å². The van der Waals surface area contributed by atoms with E-state index in [9.17, 15) is 9.59 Å². The van der Waals surface area contributed by atoms with Gasteiger partial charge in [0.25, 0.3) is 0 Å². The lowest BCUT2D eigenvalue weighted by Gasteiger charge is -2.34. The molecule has 0 aliphatic heterocycles. The molecular formula is C16H30N2O3. The van der Waals surface area contributed by atoms with Gasteiger partial charge in [0.15, 0.2) is 0 Å². The number of carbonyl (C=O) groups is 2. The SMILES string of the molecule is COC(=O)CN(CC(=O)N(C(C)C)C(C)C)C1CCCC1. The van der Waals surface area contributed by atoms with E-state index in [-0.39, 0.29) is 30.5 Å². The Hall–Kier alpha value is -1.10. The predicted octanol–water partition coefficient (Wildman–Crippen LogP) is 2.05. The molecule has 1 rings (SSSR count). The molecule has 5 heteroatoms. The molecule has 0 atom stereocenters. The fourth-order valence-electron chi connectivity index (χ4n) is 3.24. The quantitative estimate of drug-likeness (QED) is 0.675. The molecule has 1 aliphatic rings. The van der Waals surface area contributed by atoms with Gasteiger partial charge in [0.05, 0.1) is 20.2 Å². The molecule has 0 aromatic carbocycles. The molecule has 1 saturated carbocycles. The zero-order valence-corrected chi connectivity index (χ0v) is 14.1. The molecule has 1 fully saturated rings. The number of hydrogen-bond donors (Lipinski definition) is 0. The molecule has 0 aromatic heterocycles. The first-order valence-electron chi connectivity index (χ1n) is 7.98. The summed E-state index contributed by atoms with van der Waals surface area (Å²) in [6.45, 7) is 8.61. The number of methoxy groups -OCH3 is 1. The second kappa shape index (κ2) is 8.37. The Bertz CT molecular complexity index is 341. The Morgan fingerprint density at radius 2 is 1.57 bits per heavy atom. The molecule has 0 radical (unpaired) electrons. The number of rotatable bonds is 7. The standard InChI is InChI=1S/C16H30N2O3/c1-12(2)18(13(3)4)15(19)10-17(11-16(20)21-5)14-8-6-7-9-14/h12-14H,6-11H2,1-5H3. The number of ether oxygens (including phenoxy) is 1. The van der Waals surface area contributed by atoms with Crippen molar-refractivity contribution >= 4 is 11.9 Å². The molecule has 0 spiro atoms. The highest BCUT2D eigenvalue weighted by Gasteiger charge is 2.29. The Kier molecular flexibility index (Phi) is 7.15. The minimum atomic E-state index is -0.268. The number of carbonyl (C=O) groups excluding carboxylic acids is 2. The summed E-state index contributed by atoms with van der Waals surface area (Å²) in [4.78, 5) is 28.1. The van der Waals surface area contributed by atoms with Crippen LogP contribution in [0.15, 0.2) is 0 Å². The van der Waals surface area contributed by atoms with Crippen LogP contribution in [0.5, 0.6) is 0 Å². The van der Waals surface area contributed by atoms with Gasteiger partial charge < -0.3 is 9.64 Å². The molecule has 21 heavy (non-hydrogen) atoms. The minimum Gasteiger partial charge on any atom is -0.468 e. The number of hydrogen-bond acceptors (Lipinski definition) is 4. The largest absolute Gasteiger partial charge is 0.468 e. The van der Waals surface area contributed by atoms with Crippen molar-refractivity contribution in [2.45, 2.75) is 71.5 Å². The van der Waals surface area contributed by atoms with E-state index in [0.717, 1.165) is 12.8 Å². The highest BCUT2D eigenvalue weighted by atomic mass is 16.5. The van der Waals surface area contributed by atoms with Gasteiger partial charge in [-0.15, -0.1) is 0 Å². The van der Waals surface area contributed by atoms with E-state index in [1.165, 1.54) is 20.0 Å². The van der Waals surface area contributed by atoms with Crippen molar-refractivity contribution in [2.75, 3.05) is 20.2 Å². The number of nitrogens with zero attached hydrogens (tertiary/aromatic N) is 2. The third-order valence-electron chi connectivity index (χ3n) is 4.14. The Morgan fingerprint density at radius 1 is 1.05 bits per heavy atom. The normalized spacial score (nSPS) is 16.0. The molecule has 0 aromatic rings. The van der Waals surface area contributed by atoms with Crippen molar-refractivity contribution in [2.24, 2.45) is 0 Å². The van der Waals surface area contributed by atoms with Crippen LogP contribution in [-0.2, 0) is 14.3 Å². The van der Waals surface area contributed by atoms with Crippen LogP contribution in [0.25, 0.3) is 0 Å². The van der Waals surface area contributed by atoms with Gasteiger partial charge in [-0.05, 0) is 40.5 Å². The van der Waals surface area contributed by atoms with Gasteiger partial charge in [0, 0.05) is 18.1 Å². The van der Waals surface area contributed by atoms with Gasteiger partial charge in [-0.3, -0.25) is 14.5 Å². The third-order valence-corrected chi connectivity index (χ3v) is 4.14. The van der Waals surface area contributed by atoms with Crippen LogP contribution in [0.1, 0.15) is 53.4 Å². The van der Waals surface area contributed by atoms with E-state index in [0.29, 0.717) is 12.6 Å². The zero-order valence-electron chi connectivity index (χ0n) is 14.1. The van der Waals surface area contributed by atoms with Gasteiger partial charge in [-0.1, -0.05) is 12.8 Å². The van der Waals surface area contributed by atoms with Gasteiger partial charge in [-0.2, -0.15) is 0 Å². The average molecular weight is 298 g/mol. The van der Waals surface area contributed by atoms with Crippen molar-refractivity contribution in [3.8, 4) is 0 Å². The van der Waals surface area contributed by atoms with Crippen LogP contribution >= 0.6 is 0 Å². The molecule has 0 bridgehead atoms. The van der Waals surface area contributed by atoms with Crippen LogP contribution in [0.3, 0.4) is 0 Å². The molecule has 0 unspecified atom stereocenters. The summed E-state index contributed by atoms with van der Waals surface area (Å²) >= 11 is 0. The summed E-state index contributed by atoms with van der Waals surface area (Å²) in [7, 11) is 1.39. The van der Waals surface area contributed by atoms with Crippen LogP contribution in [0.2, 0.25) is 0 Å². The zero-order chi connectivity index (χ0) is 16.0. The molecule has 122 valence electrons. The summed E-state index contributed by atoms with van der Waals surface area (Å²) in [5.74, 6) is -0.175. The van der Waals surface area contributed by atoms with Crippen LogP contribution in [-0.4, -0.2) is 60.0 Å². The first-order valence-corrected chi connectivity index (χ1v) is 7.98. The van der Waals surface area contributed by atoms with Gasteiger partial charge in [0.2, 0.25) is 5.91 Å². The summed E-state index contributed by atoms with van der Waals surface area (Å²) in [6.07, 6.45) is 4.48. The second-order valence-corrected chi connectivity index (χ2v) is 6.41. The molecular weight excluding hydrogens is 268 g/mol. The highest BCUT2D eigenvalue weighted by molar-refractivity contribution is 5.80. The first kappa shape index (κ1) is 18.0. The maximum absolute atomic E-state index is 12.6. The second-order valence-electron chi connectivity index (χ2n) is 6.41. The molecule has 0 saturated heterocycles. The van der Waals surface area contributed by atoms with Crippen LogP contribution in [0, 0.1) is 0 Å². The monoisotopic (exact) mass is 298 g/mol. The topological polar surface area (TPSA) is 49.9 Å². The fraction of sp³-hybridized carbons (Fsp3) is 0.875. The Labute approximate surface area is 128 Å². The molecule has 5 nitrogen and oxygen atoms in total. The van der Waals surface area contributed by atoms with Crippen molar-refractivity contribution in [3.05, 3.63) is 0 Å². The lowest BCUT2D eigenvalue weighted by molar-refractivity contribution is -0.144. The summed E-state index contributed by atoms with van der Waals surface area (Å²) in [5.41, 5.74) is 0. The third kappa shape index (κ3) is 5.30. The van der Waals surface area contributed by atoms with Crippen molar-refractivity contribution in [1.82, 2.24) is 9.80 Å². The summed E-state index contributed by atoms with van der Waals surface area (Å²) < 4.78 is 4.77. The van der Waals surface area contributed by atoms with E-state index in [2.05, 4.69) is 0 Å². The van der Waals surface area contributed by atoms with Gasteiger partial charge in [0.1, 0.15) is 0 Å². The summed E-state index contributed by atoms with van der Waals surface area (Å²) in [6, 6.07) is 0.663. The van der Waals surface area contributed by atoms with E-state index in [1.54, 1.807) is 0 Å². The smallest absolute Gasteiger partial charge is 0.319 e. The Morgan fingerprint density at radius 3 is 2.00 bits per heavy atom. The maximum Gasteiger partial charge on any atom is 0.319 e. The maximum atomic E-state index is 12.6. The lowest BCUT2D eigenvalue weighted by Crippen LogP contribution is -2.50. The van der Waals surface area contributed by atoms with E-state index >= 15 is 0 Å². The predicted molar refractivity (Wildman–Crippen MR) is 83.0 cm³/mol. The number of amides is 1. The molecule has 1 aliphatic carbocycles. The van der Waals surface area contributed by atoms with Crippen LogP contribution in [0.4, 0.5) is 0 Å². The average Bonchev–Trinajstić information content (AvgIpc) is 2.90. The summed E-state index contributed by atoms with van der Waals surface area (Å²) in [5, 5.41) is 0. The van der Waals surface area contributed by atoms with Crippen LogP contribution < -0.4 is 0 Å². The van der Waals surface area contributed by atoms with Crippen molar-refractivity contribution < 1.29 is 14.3 Å². The minimum absolute atomic E-state index is 0.0933. The van der Waals surface area contributed by atoms with Crippen molar-refractivity contribution in [3.63, 3.8) is 0 Å². The molecule has 1 amide bonds. The molecule has 0 N–H and O–H groups in total. The first-order chi connectivity index (χ1) is 9.86. The lowest BCUT2D eigenvalue weighted by atomic mass is 10.2. The van der Waals surface area contributed by atoms with E-state index < -0.39 is 0 Å². The highest BCUT2D eigenvalue weighted by Crippen LogP contribution is 2.23. The molecule has 0 heterocycles. The van der Waals surface area contributed by atoms with E-state index in [4.69, 9.17) is 4.74 Å².